The van der Waals surface area contributed by atoms with Crippen LogP contribution in [0.2, 0.25) is 0 Å². The lowest BCUT2D eigenvalue weighted by Gasteiger charge is -2.18. The van der Waals surface area contributed by atoms with Gasteiger partial charge in [0.05, 0.1) is 11.0 Å². The fraction of sp³-hybridized carbons (Fsp3) is 0.318. The van der Waals surface area contributed by atoms with Crippen LogP contribution in [0, 0.1) is 6.92 Å². The van der Waals surface area contributed by atoms with Crippen molar-refractivity contribution in [3.05, 3.63) is 42.0 Å². The first-order valence-electron chi connectivity index (χ1n) is 10.2. The van der Waals surface area contributed by atoms with E-state index in [0.717, 1.165) is 29.9 Å². The summed E-state index contributed by atoms with van der Waals surface area (Å²) >= 11 is 0. The second-order valence-electron chi connectivity index (χ2n) is 8.17. The molecule has 32 heavy (non-hydrogen) atoms. The maximum Gasteiger partial charge on any atom is 0.390 e. The number of carbonyl (C=O) groups is 1. The lowest BCUT2D eigenvalue weighted by atomic mass is 10.2. The van der Waals surface area contributed by atoms with Crippen LogP contribution in [0.5, 0.6) is 5.75 Å². The topological polar surface area (TPSA) is 118 Å². The van der Waals surface area contributed by atoms with Crippen molar-refractivity contribution in [2.75, 3.05) is 20.6 Å². The van der Waals surface area contributed by atoms with E-state index in [2.05, 4.69) is 9.47 Å². The van der Waals surface area contributed by atoms with E-state index < -0.39 is 19.2 Å². The molecule has 2 aromatic heterocycles. The summed E-state index contributed by atoms with van der Waals surface area (Å²) in [5.41, 5.74) is 2.34. The van der Waals surface area contributed by atoms with E-state index in [1.807, 2.05) is 51.4 Å². The Kier molecular flexibility index (Phi) is 5.67. The number of fused-ring (bicyclic) bond motifs is 4. The summed E-state index contributed by atoms with van der Waals surface area (Å²) in [5.74, 6) is -1.37. The predicted molar refractivity (Wildman–Crippen MR) is 123 cm³/mol. The molecule has 4 aromatic rings. The number of nitrogens with zero attached hydrogens (tertiary/aromatic N) is 4. The van der Waals surface area contributed by atoms with E-state index in [9.17, 15) is 14.3 Å². The summed E-state index contributed by atoms with van der Waals surface area (Å²) in [6, 6.07) is 11.3. The average molecular weight is 456 g/mol. The summed E-state index contributed by atoms with van der Waals surface area (Å²) in [7, 11) is -0.474. The van der Waals surface area contributed by atoms with Crippen LogP contribution in [0.25, 0.3) is 33.1 Å². The van der Waals surface area contributed by atoms with E-state index in [1.165, 1.54) is 0 Å². The zero-order valence-electron chi connectivity index (χ0n) is 18.3. The van der Waals surface area contributed by atoms with E-state index in [4.69, 9.17) is 19.6 Å². The SMILES string of the molecule is Cc1cc(OP(=O)(O)C(C)C(=O)O)c2nc3c4ccccc4n(CCN(C)C)c3nc2c1. The van der Waals surface area contributed by atoms with Crippen molar-refractivity contribution in [1.82, 2.24) is 19.4 Å². The van der Waals surface area contributed by atoms with Gasteiger partial charge in [0.2, 0.25) is 0 Å². The summed E-state index contributed by atoms with van der Waals surface area (Å²) < 4.78 is 20.1. The van der Waals surface area contributed by atoms with Crippen molar-refractivity contribution in [1.29, 1.82) is 0 Å². The van der Waals surface area contributed by atoms with Crippen molar-refractivity contribution >= 4 is 46.7 Å². The third-order valence-corrected chi connectivity index (χ3v) is 7.07. The largest absolute Gasteiger partial charge is 0.481 e. The summed E-state index contributed by atoms with van der Waals surface area (Å²) in [6.07, 6.45) is 0. The Morgan fingerprint density at radius 2 is 1.94 bits per heavy atom. The minimum absolute atomic E-state index is 0.0402. The fourth-order valence-electron chi connectivity index (χ4n) is 3.60. The van der Waals surface area contributed by atoms with Crippen LogP contribution in [-0.2, 0) is 15.9 Å². The fourth-order valence-corrected chi connectivity index (χ4v) is 4.46. The number of aromatic nitrogens is 3. The van der Waals surface area contributed by atoms with Gasteiger partial charge < -0.3 is 24.0 Å². The van der Waals surface area contributed by atoms with Crippen molar-refractivity contribution in [3.8, 4) is 5.75 Å². The van der Waals surface area contributed by atoms with Gasteiger partial charge in [-0.1, -0.05) is 18.2 Å². The number of carboxylic acid groups (broad SMARTS) is 1. The van der Waals surface area contributed by atoms with Crippen LogP contribution in [0.4, 0.5) is 0 Å². The molecule has 0 aliphatic rings. The molecular weight excluding hydrogens is 431 g/mol. The predicted octanol–water partition coefficient (Wildman–Crippen LogP) is 3.65. The minimum atomic E-state index is -4.49. The van der Waals surface area contributed by atoms with Crippen molar-refractivity contribution in [2.24, 2.45) is 0 Å². The highest BCUT2D eigenvalue weighted by molar-refractivity contribution is 7.55. The van der Waals surface area contributed by atoms with Crippen LogP contribution < -0.4 is 4.52 Å². The monoisotopic (exact) mass is 456 g/mol. The summed E-state index contributed by atoms with van der Waals surface area (Å²) in [5, 5.41) is 10.1. The van der Waals surface area contributed by atoms with Gasteiger partial charge in [-0.05, 0) is 51.7 Å². The van der Waals surface area contributed by atoms with E-state index >= 15 is 0 Å². The Hall–Kier alpha value is -3.00. The molecule has 2 atom stereocenters. The first-order valence-corrected chi connectivity index (χ1v) is 11.8. The quantitative estimate of drug-likeness (QED) is 0.405. The molecule has 0 bridgehead atoms. The normalized spacial score (nSPS) is 14.8. The smallest absolute Gasteiger partial charge is 0.390 e. The van der Waals surface area contributed by atoms with E-state index in [-0.39, 0.29) is 5.75 Å². The molecule has 2 unspecified atom stereocenters. The van der Waals surface area contributed by atoms with Gasteiger partial charge in [-0.2, -0.15) is 0 Å². The van der Waals surface area contributed by atoms with Gasteiger partial charge in [0.15, 0.2) is 17.1 Å². The van der Waals surface area contributed by atoms with Crippen LogP contribution in [-0.4, -0.2) is 61.7 Å². The molecule has 0 radical (unpaired) electrons. The molecule has 10 heteroatoms. The Morgan fingerprint density at radius 1 is 1.22 bits per heavy atom. The van der Waals surface area contributed by atoms with Gasteiger partial charge >= 0.3 is 13.6 Å². The second-order valence-corrected chi connectivity index (χ2v) is 10.3. The number of hydrogen-bond acceptors (Lipinski definition) is 6. The number of likely N-dealkylation sites (N-methyl/N-ethyl adjacent to an activating group) is 1. The molecule has 2 N–H and O–H groups in total. The van der Waals surface area contributed by atoms with Gasteiger partial charge in [-0.3, -0.25) is 4.79 Å². The van der Waals surface area contributed by atoms with Gasteiger partial charge in [0, 0.05) is 18.5 Å². The molecular formula is C22H25N4O5P. The van der Waals surface area contributed by atoms with Gasteiger partial charge in [-0.25, -0.2) is 14.5 Å². The summed E-state index contributed by atoms with van der Waals surface area (Å²) in [6.45, 7) is 4.48. The zero-order valence-corrected chi connectivity index (χ0v) is 19.2. The molecule has 0 spiro atoms. The molecule has 0 saturated carbocycles. The number of aryl methyl sites for hydroxylation is 1. The van der Waals surface area contributed by atoms with Crippen LogP contribution in [0.15, 0.2) is 36.4 Å². The Morgan fingerprint density at radius 3 is 2.62 bits per heavy atom. The maximum absolute atomic E-state index is 12.6. The number of aliphatic carboxylic acids is 1. The number of rotatable bonds is 7. The molecule has 2 heterocycles. The number of hydrogen-bond donors (Lipinski definition) is 2. The molecule has 2 aromatic carbocycles. The van der Waals surface area contributed by atoms with E-state index in [1.54, 1.807) is 6.07 Å². The third-order valence-electron chi connectivity index (χ3n) is 5.41. The minimum Gasteiger partial charge on any atom is -0.481 e. The Bertz CT molecular complexity index is 1400. The number of carboxylic acids is 1. The lowest BCUT2D eigenvalue weighted by Crippen LogP contribution is -2.19. The standard InChI is InChI=1S/C22H25N4O5P/c1-13-11-16-20(18(12-13)31-32(29,30)14(2)22(27)28)24-19-15-7-5-6-8-17(15)26(21(19)23-16)10-9-25(3)4/h5-8,11-12,14H,9-10H2,1-4H3,(H,27,28)(H,29,30). The highest BCUT2D eigenvalue weighted by Gasteiger charge is 2.36. The van der Waals surface area contributed by atoms with Crippen LogP contribution in [0.3, 0.4) is 0 Å². The molecule has 0 aliphatic carbocycles. The van der Waals surface area contributed by atoms with Crippen molar-refractivity contribution in [3.63, 3.8) is 0 Å². The first kappa shape index (κ1) is 22.2. The number of benzene rings is 2. The molecule has 9 nitrogen and oxygen atoms in total. The zero-order chi connectivity index (χ0) is 23.2. The maximum atomic E-state index is 12.6. The molecule has 168 valence electrons. The Balaban J connectivity index is 1.96. The number of para-hydroxylation sites is 1. The first-order chi connectivity index (χ1) is 15.1. The van der Waals surface area contributed by atoms with E-state index in [0.29, 0.717) is 28.7 Å². The summed E-state index contributed by atoms with van der Waals surface area (Å²) in [4.78, 5) is 33.2. The molecule has 0 saturated heterocycles. The average Bonchev–Trinajstić information content (AvgIpc) is 3.02. The second kappa shape index (κ2) is 8.16. The molecule has 4 rings (SSSR count). The highest BCUT2D eigenvalue weighted by Crippen LogP contribution is 2.49. The van der Waals surface area contributed by atoms with Crippen molar-refractivity contribution in [2.45, 2.75) is 26.1 Å². The van der Waals surface area contributed by atoms with Crippen molar-refractivity contribution < 1.29 is 23.9 Å². The van der Waals surface area contributed by atoms with Crippen LogP contribution >= 0.6 is 7.60 Å². The molecule has 0 fully saturated rings. The third kappa shape index (κ3) is 3.95. The molecule has 0 amide bonds. The van der Waals surface area contributed by atoms with Gasteiger partial charge in [0.25, 0.3) is 0 Å². The molecule has 0 aliphatic heterocycles. The van der Waals surface area contributed by atoms with Crippen LogP contribution in [0.1, 0.15) is 12.5 Å². The highest BCUT2D eigenvalue weighted by atomic mass is 31.2. The van der Waals surface area contributed by atoms with Gasteiger partial charge in [0.1, 0.15) is 11.0 Å². The lowest BCUT2D eigenvalue weighted by molar-refractivity contribution is -0.136. The van der Waals surface area contributed by atoms with Gasteiger partial charge in [-0.15, -0.1) is 0 Å². The Labute approximate surface area is 184 Å².